The lowest BCUT2D eigenvalue weighted by Gasteiger charge is -2.23. The fourth-order valence-electron chi connectivity index (χ4n) is 7.06. The topological polar surface area (TPSA) is 33.5 Å². The van der Waals surface area contributed by atoms with Crippen molar-refractivity contribution >= 4 is 44.6 Å². The van der Waals surface area contributed by atoms with E-state index < -0.39 is 0 Å². The molecule has 0 atom stereocenters. The maximum absolute atomic E-state index is 15.1. The Labute approximate surface area is 290 Å². The first-order valence-electron chi connectivity index (χ1n) is 16.7. The molecule has 0 aliphatic carbocycles. The highest BCUT2D eigenvalue weighted by atomic mass is 19.1. The molecule has 0 unspecified atom stereocenters. The van der Waals surface area contributed by atoms with E-state index in [1.807, 2.05) is 53.6 Å². The molecule has 8 aromatic rings. The number of pyridine rings is 1. The average Bonchev–Trinajstić information content (AvgIpc) is 3.68. The maximum Gasteiger partial charge on any atom is 0.146 e. The third kappa shape index (κ3) is 5.13. The van der Waals surface area contributed by atoms with E-state index >= 15 is 4.39 Å². The molecule has 0 N–H and O–H groups in total. The van der Waals surface area contributed by atoms with Crippen molar-refractivity contribution in [1.29, 1.82) is 0 Å². The van der Waals surface area contributed by atoms with E-state index in [1.165, 1.54) is 11.6 Å². The Morgan fingerprint density at radius 3 is 2.08 bits per heavy atom. The van der Waals surface area contributed by atoms with Gasteiger partial charge in [0.25, 0.3) is 0 Å². The summed E-state index contributed by atoms with van der Waals surface area (Å²) in [7, 11) is 0. The molecule has 1 aliphatic heterocycles. The van der Waals surface area contributed by atoms with Gasteiger partial charge >= 0.3 is 0 Å². The summed E-state index contributed by atoms with van der Waals surface area (Å²) >= 11 is 0. The molecule has 50 heavy (non-hydrogen) atoms. The van der Waals surface area contributed by atoms with Crippen LogP contribution < -0.4 is 14.5 Å². The number of nitrogens with zero attached hydrogens (tertiary/aromatic N) is 4. The van der Waals surface area contributed by atoms with Crippen molar-refractivity contribution in [2.24, 2.45) is 0 Å². The van der Waals surface area contributed by atoms with Crippen molar-refractivity contribution in [3.05, 3.63) is 169 Å². The molecule has 2 aromatic heterocycles. The van der Waals surface area contributed by atoms with Gasteiger partial charge in [0.15, 0.2) is 0 Å². The molecule has 3 heterocycles. The van der Waals surface area contributed by atoms with Crippen LogP contribution in [0, 0.1) is 19.7 Å². The molecule has 1 aliphatic rings. The van der Waals surface area contributed by atoms with Gasteiger partial charge in [-0.15, -0.1) is 0 Å². The summed E-state index contributed by atoms with van der Waals surface area (Å²) in [6.07, 6.45) is 1.85. The van der Waals surface area contributed by atoms with Gasteiger partial charge in [-0.1, -0.05) is 72.3 Å². The van der Waals surface area contributed by atoms with Crippen LogP contribution in [0.25, 0.3) is 38.8 Å². The highest BCUT2D eigenvalue weighted by Crippen LogP contribution is 2.46. The SMILES string of the molecule is Cc1ccc(-c2cc(Oc3ccc4c5ccccc5n(-c5cc(C)ccn5)c4c3)cc(N3CN(c4ccccc4F)c4ccccc43)c2)cc1. The molecule has 6 aromatic carbocycles. The Kier molecular flexibility index (Phi) is 7.09. The standard InChI is InChI=1S/C44H33FN4O/c1-29-15-17-31(18-16-29)32-24-33(47-28-48(40-12-6-4-10-38(40)45)42-14-8-7-13-41(42)47)26-35(25-32)50-34-19-20-37-36-9-3-5-11-39(36)49(43(37)27-34)44-23-30(2)21-22-46-44/h3-27H,28H2,1-2H3. The molecule has 0 amide bonds. The molecule has 0 saturated heterocycles. The van der Waals surface area contributed by atoms with Gasteiger partial charge in [-0.05, 0) is 97.3 Å². The van der Waals surface area contributed by atoms with Crippen LogP contribution in [-0.4, -0.2) is 16.2 Å². The molecular formula is C44H33FN4O. The lowest BCUT2D eigenvalue weighted by atomic mass is 10.0. The van der Waals surface area contributed by atoms with Gasteiger partial charge in [0.2, 0.25) is 0 Å². The van der Waals surface area contributed by atoms with Gasteiger partial charge in [-0.25, -0.2) is 9.37 Å². The van der Waals surface area contributed by atoms with Crippen LogP contribution in [0.15, 0.2) is 152 Å². The second-order valence-electron chi connectivity index (χ2n) is 12.8. The van der Waals surface area contributed by atoms with Crippen LogP contribution in [0.5, 0.6) is 11.5 Å². The summed E-state index contributed by atoms with van der Waals surface area (Å²) in [5.74, 6) is 2.03. The van der Waals surface area contributed by atoms with Crippen LogP contribution in [0.2, 0.25) is 0 Å². The second kappa shape index (κ2) is 11.9. The molecule has 0 radical (unpaired) electrons. The fourth-order valence-corrected chi connectivity index (χ4v) is 7.06. The van der Waals surface area contributed by atoms with Crippen LogP contribution in [0.4, 0.5) is 27.1 Å². The quantitative estimate of drug-likeness (QED) is 0.179. The third-order valence-electron chi connectivity index (χ3n) is 9.49. The molecule has 242 valence electrons. The van der Waals surface area contributed by atoms with Crippen LogP contribution >= 0.6 is 0 Å². The highest BCUT2D eigenvalue weighted by molar-refractivity contribution is 6.09. The van der Waals surface area contributed by atoms with Crippen molar-refractivity contribution in [2.75, 3.05) is 16.5 Å². The Hall–Kier alpha value is -6.40. The number of hydrogen-bond acceptors (Lipinski definition) is 4. The number of rotatable bonds is 6. The van der Waals surface area contributed by atoms with Gasteiger partial charge in [-0.2, -0.15) is 0 Å². The summed E-state index contributed by atoms with van der Waals surface area (Å²) in [5.41, 5.74) is 10.00. The molecule has 6 heteroatoms. The van der Waals surface area contributed by atoms with Crippen LogP contribution in [0.1, 0.15) is 11.1 Å². The summed E-state index contributed by atoms with van der Waals surface area (Å²) in [4.78, 5) is 8.99. The smallest absolute Gasteiger partial charge is 0.146 e. The molecule has 9 rings (SSSR count). The second-order valence-corrected chi connectivity index (χ2v) is 12.8. The van der Waals surface area contributed by atoms with Crippen molar-refractivity contribution in [2.45, 2.75) is 13.8 Å². The lowest BCUT2D eigenvalue weighted by Crippen LogP contribution is -2.24. The lowest BCUT2D eigenvalue weighted by molar-refractivity contribution is 0.483. The zero-order valence-corrected chi connectivity index (χ0v) is 27.7. The number of halogens is 1. The van der Waals surface area contributed by atoms with Gasteiger partial charge in [0.05, 0.1) is 28.1 Å². The van der Waals surface area contributed by atoms with E-state index in [4.69, 9.17) is 9.72 Å². The van der Waals surface area contributed by atoms with Crippen LogP contribution in [0.3, 0.4) is 0 Å². The zero-order valence-electron chi connectivity index (χ0n) is 27.7. The summed E-state index contributed by atoms with van der Waals surface area (Å²) in [5, 5.41) is 2.29. The van der Waals surface area contributed by atoms with E-state index in [1.54, 1.807) is 6.07 Å². The van der Waals surface area contributed by atoms with E-state index in [-0.39, 0.29) is 5.82 Å². The number of hydrogen-bond donors (Lipinski definition) is 0. The average molecular weight is 653 g/mol. The largest absolute Gasteiger partial charge is 0.457 e. The number of benzene rings is 6. The van der Waals surface area contributed by atoms with E-state index in [2.05, 4.69) is 114 Å². The molecule has 0 bridgehead atoms. The van der Waals surface area contributed by atoms with Crippen molar-refractivity contribution in [3.8, 4) is 28.4 Å². The Morgan fingerprint density at radius 1 is 0.560 bits per heavy atom. The number of aryl methyl sites for hydroxylation is 2. The van der Waals surface area contributed by atoms with Gasteiger partial charge in [0.1, 0.15) is 29.8 Å². The molecule has 5 nitrogen and oxygen atoms in total. The predicted molar refractivity (Wildman–Crippen MR) is 202 cm³/mol. The van der Waals surface area contributed by atoms with Gasteiger partial charge in [-0.3, -0.25) is 4.57 Å². The first kappa shape index (κ1) is 29.7. The maximum atomic E-state index is 15.1. The Morgan fingerprint density at radius 2 is 1.28 bits per heavy atom. The zero-order chi connectivity index (χ0) is 33.8. The summed E-state index contributed by atoms with van der Waals surface area (Å²) in [6, 6.07) is 48.8. The van der Waals surface area contributed by atoms with E-state index in [0.29, 0.717) is 18.1 Å². The number of ether oxygens (including phenoxy) is 1. The minimum absolute atomic E-state index is 0.254. The van der Waals surface area contributed by atoms with Crippen molar-refractivity contribution in [1.82, 2.24) is 9.55 Å². The highest BCUT2D eigenvalue weighted by Gasteiger charge is 2.29. The third-order valence-corrected chi connectivity index (χ3v) is 9.49. The predicted octanol–water partition coefficient (Wildman–Crippen LogP) is 11.6. The van der Waals surface area contributed by atoms with Gasteiger partial charge in [0, 0.05) is 34.8 Å². The van der Waals surface area contributed by atoms with Crippen molar-refractivity contribution < 1.29 is 9.13 Å². The monoisotopic (exact) mass is 652 g/mol. The number of anilines is 4. The molecule has 0 spiro atoms. The normalized spacial score (nSPS) is 12.5. The van der Waals surface area contributed by atoms with E-state index in [0.717, 1.165) is 67.1 Å². The van der Waals surface area contributed by atoms with E-state index in [9.17, 15) is 0 Å². The van der Waals surface area contributed by atoms with Crippen LogP contribution in [-0.2, 0) is 0 Å². The summed E-state index contributed by atoms with van der Waals surface area (Å²) in [6.45, 7) is 4.63. The summed E-state index contributed by atoms with van der Waals surface area (Å²) < 4.78 is 24.1. The van der Waals surface area contributed by atoms with Gasteiger partial charge < -0.3 is 14.5 Å². The Bertz CT molecular complexity index is 2560. The number of para-hydroxylation sites is 4. The molecule has 0 saturated carbocycles. The first-order chi connectivity index (χ1) is 24.5. The Balaban J connectivity index is 1.17. The number of aromatic nitrogens is 2. The minimum atomic E-state index is -0.254. The molecule has 0 fully saturated rings. The molecular weight excluding hydrogens is 620 g/mol. The first-order valence-corrected chi connectivity index (χ1v) is 16.7. The minimum Gasteiger partial charge on any atom is -0.457 e. The number of fused-ring (bicyclic) bond motifs is 4. The van der Waals surface area contributed by atoms with Crippen molar-refractivity contribution in [3.63, 3.8) is 0 Å². The fraction of sp³-hybridized carbons (Fsp3) is 0.0682.